The molecule has 0 saturated carbocycles. The van der Waals surface area contributed by atoms with Crippen molar-refractivity contribution in [1.82, 2.24) is 14.5 Å². The smallest absolute Gasteiger partial charge is 0.183 e. The number of carbonyl (C=O) groups excluding carboxylic acids is 1. The Hall–Kier alpha value is -3.71. The van der Waals surface area contributed by atoms with E-state index in [1.54, 1.807) is 24.5 Å². The number of amidine groups is 1. The average Bonchev–Trinajstić information content (AvgIpc) is 3.07. The van der Waals surface area contributed by atoms with Crippen LogP contribution in [0.5, 0.6) is 0 Å². The fourth-order valence-corrected chi connectivity index (χ4v) is 3.31. The van der Waals surface area contributed by atoms with Gasteiger partial charge in [0.1, 0.15) is 11.7 Å². The number of aromatic nitrogens is 3. The van der Waals surface area contributed by atoms with Crippen molar-refractivity contribution in [2.45, 2.75) is 6.42 Å². The Bertz CT molecular complexity index is 1220. The molecule has 0 amide bonds. The summed E-state index contributed by atoms with van der Waals surface area (Å²) in [7, 11) is 1.99. The Labute approximate surface area is 186 Å². The summed E-state index contributed by atoms with van der Waals surface area (Å²) < 4.78 is 2.07. The first-order valence-corrected chi connectivity index (χ1v) is 9.57. The fourth-order valence-electron chi connectivity index (χ4n) is 3.31. The third-order valence-corrected chi connectivity index (χ3v) is 5.04. The summed E-state index contributed by atoms with van der Waals surface area (Å²) in [5.41, 5.74) is 10.6. The number of rotatable bonds is 7. The van der Waals surface area contributed by atoms with Gasteiger partial charge in [-0.2, -0.15) is 0 Å². The lowest BCUT2D eigenvalue weighted by Crippen LogP contribution is -2.14. The van der Waals surface area contributed by atoms with Crippen LogP contribution in [0.1, 0.15) is 27.3 Å². The number of nitrogens with zero attached hydrogens (tertiary/aromatic N) is 3. The molecular formula is C23H23ClN6O. The quantitative estimate of drug-likeness (QED) is 0.234. The normalized spacial score (nSPS) is 10.5. The predicted molar refractivity (Wildman–Crippen MR) is 125 cm³/mol. The van der Waals surface area contributed by atoms with Gasteiger partial charge in [-0.25, -0.2) is 4.98 Å². The van der Waals surface area contributed by atoms with Gasteiger partial charge in [0, 0.05) is 42.7 Å². The van der Waals surface area contributed by atoms with Gasteiger partial charge in [0.25, 0.3) is 0 Å². The van der Waals surface area contributed by atoms with Gasteiger partial charge in [0.2, 0.25) is 0 Å². The van der Waals surface area contributed by atoms with Crippen molar-refractivity contribution in [2.24, 2.45) is 12.8 Å². The number of nitrogens with one attached hydrogen (secondary N) is 2. The number of ketones is 1. The number of aryl methyl sites for hydroxylation is 1. The van der Waals surface area contributed by atoms with Crippen LogP contribution < -0.4 is 11.1 Å². The number of pyridine rings is 1. The van der Waals surface area contributed by atoms with Crippen molar-refractivity contribution in [3.05, 3.63) is 89.5 Å². The SMILES string of the molecule is Cl.Cn1c(Cc2ccc(C(=N)N)cc2)nc2cc(NCC(=O)c3cccnc3)ccc21. The number of hydrogen-bond donors (Lipinski definition) is 3. The van der Waals surface area contributed by atoms with Crippen LogP contribution in [-0.2, 0) is 13.5 Å². The molecule has 0 aliphatic carbocycles. The molecule has 0 unspecified atom stereocenters. The van der Waals surface area contributed by atoms with Gasteiger partial charge in [-0.05, 0) is 35.9 Å². The highest BCUT2D eigenvalue weighted by Gasteiger charge is 2.11. The molecule has 158 valence electrons. The maximum Gasteiger partial charge on any atom is 0.183 e. The molecule has 7 nitrogen and oxygen atoms in total. The van der Waals surface area contributed by atoms with Gasteiger partial charge in [-0.15, -0.1) is 12.4 Å². The lowest BCUT2D eigenvalue weighted by Gasteiger charge is -2.06. The predicted octanol–water partition coefficient (Wildman–Crippen LogP) is 3.56. The van der Waals surface area contributed by atoms with Crippen molar-refractivity contribution in [2.75, 3.05) is 11.9 Å². The molecule has 2 aromatic heterocycles. The molecule has 0 aliphatic heterocycles. The first kappa shape index (κ1) is 22.0. The maximum atomic E-state index is 12.3. The number of imidazole rings is 1. The second-order valence-electron chi connectivity index (χ2n) is 7.10. The van der Waals surface area contributed by atoms with Crippen molar-refractivity contribution in [3.8, 4) is 0 Å². The molecule has 0 aliphatic rings. The molecule has 2 heterocycles. The molecule has 4 N–H and O–H groups in total. The van der Waals surface area contributed by atoms with Crippen LogP contribution in [-0.4, -0.2) is 32.7 Å². The Morgan fingerprint density at radius 2 is 1.90 bits per heavy atom. The minimum absolute atomic E-state index is 0. The molecule has 0 bridgehead atoms. The van der Waals surface area contributed by atoms with Gasteiger partial charge in [-0.1, -0.05) is 24.3 Å². The summed E-state index contributed by atoms with van der Waals surface area (Å²) in [6, 6.07) is 17.0. The topological polar surface area (TPSA) is 110 Å². The summed E-state index contributed by atoms with van der Waals surface area (Å²) in [4.78, 5) is 21.0. The van der Waals surface area contributed by atoms with E-state index < -0.39 is 0 Å². The Kier molecular flexibility index (Phi) is 6.67. The second-order valence-corrected chi connectivity index (χ2v) is 7.10. The number of nitrogens with two attached hydrogens (primary N) is 1. The van der Waals surface area contributed by atoms with E-state index in [2.05, 4.69) is 14.9 Å². The molecule has 8 heteroatoms. The lowest BCUT2D eigenvalue weighted by atomic mass is 10.1. The number of Topliss-reactive ketones (excluding diaryl/α,β-unsaturated/α-hetero) is 1. The summed E-state index contributed by atoms with van der Waals surface area (Å²) in [6.45, 7) is 0.194. The third-order valence-electron chi connectivity index (χ3n) is 5.04. The number of nitrogen functional groups attached to an aromatic ring is 1. The summed E-state index contributed by atoms with van der Waals surface area (Å²) in [6.07, 6.45) is 3.89. The van der Waals surface area contributed by atoms with Gasteiger partial charge in [0.15, 0.2) is 5.78 Å². The standard InChI is InChI=1S/C23H22N6O.ClH/c1-29-20-9-8-18(27-14-21(30)17-3-2-10-26-13-17)12-19(20)28-22(29)11-15-4-6-16(7-5-15)23(24)25;/h2-10,12-13,27H,11,14H2,1H3,(H3,24,25);1H. The molecule has 0 saturated heterocycles. The highest BCUT2D eigenvalue weighted by Crippen LogP contribution is 2.21. The fraction of sp³-hybridized carbons (Fsp3) is 0.130. The molecule has 4 rings (SSSR count). The van der Waals surface area contributed by atoms with E-state index >= 15 is 0 Å². The van der Waals surface area contributed by atoms with E-state index in [4.69, 9.17) is 16.1 Å². The van der Waals surface area contributed by atoms with Crippen molar-refractivity contribution in [3.63, 3.8) is 0 Å². The van der Waals surface area contributed by atoms with Crippen LogP contribution >= 0.6 is 12.4 Å². The summed E-state index contributed by atoms with van der Waals surface area (Å²) >= 11 is 0. The molecule has 4 aromatic rings. The average molecular weight is 435 g/mol. The van der Waals surface area contributed by atoms with E-state index in [-0.39, 0.29) is 30.6 Å². The van der Waals surface area contributed by atoms with Crippen LogP contribution in [0.15, 0.2) is 67.0 Å². The summed E-state index contributed by atoms with van der Waals surface area (Å²) in [5, 5.41) is 10.7. The van der Waals surface area contributed by atoms with Crippen molar-refractivity contribution < 1.29 is 4.79 Å². The third kappa shape index (κ3) is 4.90. The number of benzene rings is 2. The molecule has 31 heavy (non-hydrogen) atoms. The van der Waals surface area contributed by atoms with Crippen LogP contribution in [0.2, 0.25) is 0 Å². The largest absolute Gasteiger partial charge is 0.384 e. The second kappa shape index (κ2) is 9.40. The number of fused-ring (bicyclic) bond motifs is 1. The van der Waals surface area contributed by atoms with Crippen molar-refractivity contribution >= 4 is 40.7 Å². The van der Waals surface area contributed by atoms with Crippen LogP contribution in [0.3, 0.4) is 0 Å². The van der Waals surface area contributed by atoms with Gasteiger partial charge in [-0.3, -0.25) is 15.2 Å². The highest BCUT2D eigenvalue weighted by atomic mass is 35.5. The zero-order chi connectivity index (χ0) is 21.1. The van der Waals surface area contributed by atoms with Gasteiger partial charge >= 0.3 is 0 Å². The Morgan fingerprint density at radius 3 is 2.58 bits per heavy atom. The van der Waals surface area contributed by atoms with E-state index in [9.17, 15) is 4.79 Å². The highest BCUT2D eigenvalue weighted by molar-refractivity contribution is 5.99. The molecular weight excluding hydrogens is 412 g/mol. The molecule has 0 fully saturated rings. The first-order valence-electron chi connectivity index (χ1n) is 9.57. The zero-order valence-corrected chi connectivity index (χ0v) is 17.8. The molecule has 2 aromatic carbocycles. The van der Waals surface area contributed by atoms with Crippen LogP contribution in [0.4, 0.5) is 5.69 Å². The first-order chi connectivity index (χ1) is 14.5. The van der Waals surface area contributed by atoms with Gasteiger partial charge in [0.05, 0.1) is 17.6 Å². The number of halogens is 1. The minimum atomic E-state index is -0.0149. The number of anilines is 1. The maximum absolute atomic E-state index is 12.3. The Balaban J connectivity index is 0.00000272. The minimum Gasteiger partial charge on any atom is -0.384 e. The molecule has 0 spiro atoms. The Morgan fingerprint density at radius 1 is 1.13 bits per heavy atom. The summed E-state index contributed by atoms with van der Waals surface area (Å²) in [5.74, 6) is 0.981. The van der Waals surface area contributed by atoms with E-state index in [1.807, 2.05) is 49.5 Å². The number of carbonyl (C=O) groups is 1. The molecule has 0 atom stereocenters. The van der Waals surface area contributed by atoms with E-state index in [0.29, 0.717) is 17.5 Å². The van der Waals surface area contributed by atoms with E-state index in [0.717, 1.165) is 28.1 Å². The lowest BCUT2D eigenvalue weighted by molar-refractivity contribution is 0.101. The number of hydrogen-bond acceptors (Lipinski definition) is 5. The van der Waals surface area contributed by atoms with Crippen molar-refractivity contribution in [1.29, 1.82) is 5.41 Å². The van der Waals surface area contributed by atoms with Crippen LogP contribution in [0.25, 0.3) is 11.0 Å². The molecule has 0 radical (unpaired) electrons. The van der Waals surface area contributed by atoms with Gasteiger partial charge < -0.3 is 15.6 Å². The zero-order valence-electron chi connectivity index (χ0n) is 17.0. The van der Waals surface area contributed by atoms with Crippen LogP contribution in [0, 0.1) is 5.41 Å². The monoisotopic (exact) mass is 434 g/mol. The van der Waals surface area contributed by atoms with E-state index in [1.165, 1.54) is 0 Å².